The number of benzene rings is 3. The van der Waals surface area contributed by atoms with Crippen LogP contribution in [-0.4, -0.2) is 18.9 Å². The molecule has 0 radical (unpaired) electrons. The van der Waals surface area contributed by atoms with Gasteiger partial charge < -0.3 is 10.1 Å². The summed E-state index contributed by atoms with van der Waals surface area (Å²) in [4.78, 5) is 28.4. The molecule has 1 aliphatic heterocycles. The molecule has 0 saturated heterocycles. The molecule has 0 saturated carbocycles. The molecule has 1 aliphatic rings. The Morgan fingerprint density at radius 3 is 1.97 bits per heavy atom. The van der Waals surface area contributed by atoms with Gasteiger partial charge in [0.25, 0.3) is 11.8 Å². The van der Waals surface area contributed by atoms with Crippen LogP contribution in [0.3, 0.4) is 0 Å². The van der Waals surface area contributed by atoms with Crippen molar-refractivity contribution in [2.45, 2.75) is 39.5 Å². The molecule has 34 heavy (non-hydrogen) atoms. The van der Waals surface area contributed by atoms with Gasteiger partial charge in [0.1, 0.15) is 11.4 Å². The number of nitrogens with zero attached hydrogens (tertiary/aromatic N) is 1. The Bertz CT molecular complexity index is 1230. The Kier molecular flexibility index (Phi) is 6.29. The molecule has 0 fully saturated rings. The smallest absolute Gasteiger partial charge is 0.282 e. The van der Waals surface area contributed by atoms with E-state index in [1.54, 1.807) is 31.4 Å². The van der Waals surface area contributed by atoms with Gasteiger partial charge in [-0.2, -0.15) is 0 Å². The molecule has 3 aromatic rings. The van der Waals surface area contributed by atoms with Crippen molar-refractivity contribution in [3.63, 3.8) is 0 Å². The number of anilines is 2. The van der Waals surface area contributed by atoms with Gasteiger partial charge in [0.2, 0.25) is 0 Å². The molecule has 0 bridgehead atoms. The molecule has 1 N–H and O–H groups in total. The lowest BCUT2D eigenvalue weighted by Crippen LogP contribution is -2.32. The van der Waals surface area contributed by atoms with Crippen LogP contribution in [0.2, 0.25) is 0 Å². The Hall–Kier alpha value is -3.86. The number of amides is 2. The first-order chi connectivity index (χ1) is 16.2. The van der Waals surface area contributed by atoms with Crippen LogP contribution in [0, 0.1) is 0 Å². The minimum absolute atomic E-state index is 0.0205. The SMILES string of the molecule is CCc1ccc(N2C(=O)C(Nc3ccc(C(C)(C)C)cc3)=C(c3ccc(OC)cc3)C2=O)cc1. The van der Waals surface area contributed by atoms with E-state index in [9.17, 15) is 9.59 Å². The van der Waals surface area contributed by atoms with E-state index in [-0.39, 0.29) is 22.9 Å². The molecule has 2 amide bonds. The zero-order valence-corrected chi connectivity index (χ0v) is 20.3. The largest absolute Gasteiger partial charge is 0.497 e. The predicted octanol–water partition coefficient (Wildman–Crippen LogP) is 5.95. The molecule has 174 valence electrons. The van der Waals surface area contributed by atoms with Gasteiger partial charge in [-0.15, -0.1) is 0 Å². The summed E-state index contributed by atoms with van der Waals surface area (Å²) in [6.45, 7) is 8.53. The summed E-state index contributed by atoms with van der Waals surface area (Å²) in [5.74, 6) is -0.0476. The van der Waals surface area contributed by atoms with Gasteiger partial charge in [0.05, 0.1) is 18.4 Å². The molecule has 3 aromatic carbocycles. The number of aryl methyl sites for hydroxylation is 1. The summed E-state index contributed by atoms with van der Waals surface area (Å²) in [7, 11) is 1.59. The fraction of sp³-hybridized carbons (Fsp3) is 0.241. The molecule has 5 nitrogen and oxygen atoms in total. The van der Waals surface area contributed by atoms with Crippen molar-refractivity contribution in [1.29, 1.82) is 0 Å². The maximum absolute atomic E-state index is 13.6. The zero-order valence-electron chi connectivity index (χ0n) is 20.3. The highest BCUT2D eigenvalue weighted by Crippen LogP contribution is 2.35. The molecule has 0 aliphatic carbocycles. The fourth-order valence-electron chi connectivity index (χ4n) is 3.98. The van der Waals surface area contributed by atoms with Crippen molar-refractivity contribution < 1.29 is 14.3 Å². The Balaban J connectivity index is 1.75. The molecule has 5 heteroatoms. The first kappa shape index (κ1) is 23.3. The lowest BCUT2D eigenvalue weighted by Gasteiger charge is -2.19. The molecule has 4 rings (SSSR count). The van der Waals surface area contributed by atoms with E-state index in [2.05, 4.69) is 33.0 Å². The van der Waals surface area contributed by atoms with Crippen molar-refractivity contribution in [2.24, 2.45) is 0 Å². The minimum atomic E-state index is -0.375. The van der Waals surface area contributed by atoms with E-state index in [4.69, 9.17) is 4.74 Å². The number of carbonyl (C=O) groups is 2. The molecule has 0 atom stereocenters. The number of hydrogen-bond acceptors (Lipinski definition) is 4. The highest BCUT2D eigenvalue weighted by atomic mass is 16.5. The Morgan fingerprint density at radius 1 is 0.824 bits per heavy atom. The number of hydrogen-bond donors (Lipinski definition) is 1. The van der Waals surface area contributed by atoms with Gasteiger partial charge in [0.15, 0.2) is 0 Å². The van der Waals surface area contributed by atoms with Crippen LogP contribution in [0.5, 0.6) is 5.75 Å². The lowest BCUT2D eigenvalue weighted by atomic mass is 9.87. The number of carbonyl (C=O) groups excluding carboxylic acids is 2. The fourth-order valence-corrected chi connectivity index (χ4v) is 3.98. The standard InChI is InChI=1S/C29H30N2O3/c1-6-19-7-15-23(16-8-19)31-27(32)25(20-9-17-24(34-5)18-10-20)26(28(31)33)30-22-13-11-21(12-14-22)29(2,3)4/h7-18,30H,6H2,1-5H3. The first-order valence-corrected chi connectivity index (χ1v) is 11.5. The molecular formula is C29H30N2O3. The maximum atomic E-state index is 13.6. The highest BCUT2D eigenvalue weighted by Gasteiger charge is 2.40. The van der Waals surface area contributed by atoms with Crippen molar-refractivity contribution in [1.82, 2.24) is 0 Å². The number of methoxy groups -OCH3 is 1. The number of rotatable bonds is 6. The predicted molar refractivity (Wildman–Crippen MR) is 137 cm³/mol. The third kappa shape index (κ3) is 4.46. The third-order valence-electron chi connectivity index (χ3n) is 6.09. The van der Waals surface area contributed by atoms with Crippen molar-refractivity contribution >= 4 is 28.8 Å². The average molecular weight is 455 g/mol. The molecular weight excluding hydrogens is 424 g/mol. The summed E-state index contributed by atoms with van der Waals surface area (Å²) in [6.07, 6.45) is 0.884. The maximum Gasteiger partial charge on any atom is 0.282 e. The van der Waals surface area contributed by atoms with Crippen LogP contribution >= 0.6 is 0 Å². The third-order valence-corrected chi connectivity index (χ3v) is 6.09. The van der Waals surface area contributed by atoms with Gasteiger partial charge in [0, 0.05) is 5.69 Å². The minimum Gasteiger partial charge on any atom is -0.497 e. The summed E-state index contributed by atoms with van der Waals surface area (Å²) in [6, 6.07) is 22.7. The monoisotopic (exact) mass is 454 g/mol. The normalized spacial score (nSPS) is 14.1. The second-order valence-corrected chi connectivity index (χ2v) is 9.40. The first-order valence-electron chi connectivity index (χ1n) is 11.5. The van der Waals surface area contributed by atoms with E-state index in [1.807, 2.05) is 48.5 Å². The van der Waals surface area contributed by atoms with E-state index in [1.165, 1.54) is 10.5 Å². The van der Waals surface area contributed by atoms with Crippen LogP contribution in [0.1, 0.15) is 44.4 Å². The lowest BCUT2D eigenvalue weighted by molar-refractivity contribution is -0.120. The summed E-state index contributed by atoms with van der Waals surface area (Å²) in [5.41, 5.74) is 4.91. The summed E-state index contributed by atoms with van der Waals surface area (Å²) >= 11 is 0. The van der Waals surface area contributed by atoms with Crippen LogP contribution in [0.25, 0.3) is 5.57 Å². The molecule has 0 spiro atoms. The summed E-state index contributed by atoms with van der Waals surface area (Å²) < 4.78 is 5.26. The van der Waals surface area contributed by atoms with Crippen LogP contribution in [0.4, 0.5) is 11.4 Å². The van der Waals surface area contributed by atoms with Gasteiger partial charge in [-0.25, -0.2) is 4.90 Å². The van der Waals surface area contributed by atoms with Crippen molar-refractivity contribution in [3.8, 4) is 5.75 Å². The molecule has 0 unspecified atom stereocenters. The molecule has 1 heterocycles. The van der Waals surface area contributed by atoms with E-state index in [0.29, 0.717) is 22.6 Å². The van der Waals surface area contributed by atoms with Crippen molar-refractivity contribution in [3.05, 3.63) is 95.2 Å². The summed E-state index contributed by atoms with van der Waals surface area (Å²) in [5, 5.41) is 3.24. The zero-order chi connectivity index (χ0) is 24.5. The van der Waals surface area contributed by atoms with E-state index in [0.717, 1.165) is 17.7 Å². The second kappa shape index (κ2) is 9.18. The second-order valence-electron chi connectivity index (χ2n) is 9.40. The van der Waals surface area contributed by atoms with E-state index >= 15 is 0 Å². The van der Waals surface area contributed by atoms with E-state index < -0.39 is 0 Å². The van der Waals surface area contributed by atoms with Gasteiger partial charge in [-0.05, 0) is 64.9 Å². The Morgan fingerprint density at radius 2 is 1.44 bits per heavy atom. The van der Waals surface area contributed by atoms with Crippen LogP contribution in [-0.2, 0) is 21.4 Å². The van der Waals surface area contributed by atoms with Gasteiger partial charge in [-0.3, -0.25) is 9.59 Å². The topological polar surface area (TPSA) is 58.6 Å². The number of ether oxygens (including phenoxy) is 1. The number of imide groups is 1. The van der Waals surface area contributed by atoms with Gasteiger partial charge >= 0.3 is 0 Å². The average Bonchev–Trinajstić information content (AvgIpc) is 3.08. The van der Waals surface area contributed by atoms with Crippen LogP contribution < -0.4 is 15.0 Å². The Labute approximate surface area is 201 Å². The quantitative estimate of drug-likeness (QED) is 0.468. The molecule has 0 aromatic heterocycles. The van der Waals surface area contributed by atoms with Crippen LogP contribution in [0.15, 0.2) is 78.5 Å². The number of nitrogens with one attached hydrogen (secondary N) is 1. The highest BCUT2D eigenvalue weighted by molar-refractivity contribution is 6.46. The van der Waals surface area contributed by atoms with Gasteiger partial charge in [-0.1, -0.05) is 64.1 Å². The van der Waals surface area contributed by atoms with Crippen molar-refractivity contribution in [2.75, 3.05) is 17.3 Å².